The van der Waals surface area contributed by atoms with Crippen molar-refractivity contribution in [2.45, 2.75) is 38.6 Å². The van der Waals surface area contributed by atoms with Gasteiger partial charge in [-0.2, -0.15) is 0 Å². The molecule has 3 N–H and O–H groups in total. The Morgan fingerprint density at radius 1 is 1.54 bits per heavy atom. The molecule has 1 rings (SSSR count). The third-order valence-corrected chi connectivity index (χ3v) is 2.24. The van der Waals surface area contributed by atoms with Crippen molar-refractivity contribution in [3.63, 3.8) is 0 Å². The monoisotopic (exact) mass is 182 g/mol. The van der Waals surface area contributed by atoms with Crippen LogP contribution in [0.4, 0.5) is 0 Å². The van der Waals surface area contributed by atoms with Crippen LogP contribution < -0.4 is 11.3 Å². The molecule has 3 heteroatoms. The molecule has 0 saturated carbocycles. The lowest BCUT2D eigenvalue weighted by Gasteiger charge is -2.12. The van der Waals surface area contributed by atoms with Crippen LogP contribution in [-0.4, -0.2) is 0 Å². The van der Waals surface area contributed by atoms with Crippen LogP contribution in [0.2, 0.25) is 0 Å². The number of nitrogens with two attached hydrogens (primary N) is 1. The zero-order valence-electron chi connectivity index (χ0n) is 8.12. The molecule has 0 radical (unpaired) electrons. The van der Waals surface area contributed by atoms with Crippen LogP contribution >= 0.6 is 0 Å². The Bertz CT molecular complexity index is 209. The van der Waals surface area contributed by atoms with Gasteiger partial charge in [-0.25, -0.2) is 0 Å². The molecule has 0 amide bonds. The summed E-state index contributed by atoms with van der Waals surface area (Å²) in [5.41, 5.74) is 3.94. The SMILES string of the molecule is CCCCCC(NN)c1ccoc1. The van der Waals surface area contributed by atoms with Crippen molar-refractivity contribution in [1.82, 2.24) is 5.43 Å². The van der Waals surface area contributed by atoms with E-state index in [4.69, 9.17) is 10.3 Å². The van der Waals surface area contributed by atoms with Crippen molar-refractivity contribution < 1.29 is 4.42 Å². The molecule has 0 aliphatic heterocycles. The summed E-state index contributed by atoms with van der Waals surface area (Å²) in [7, 11) is 0. The molecule has 0 saturated heterocycles. The van der Waals surface area contributed by atoms with Crippen molar-refractivity contribution in [1.29, 1.82) is 0 Å². The van der Waals surface area contributed by atoms with Gasteiger partial charge in [0.05, 0.1) is 12.5 Å². The quantitative estimate of drug-likeness (QED) is 0.403. The summed E-state index contributed by atoms with van der Waals surface area (Å²) in [6.07, 6.45) is 8.20. The van der Waals surface area contributed by atoms with E-state index in [0.717, 1.165) is 12.0 Å². The van der Waals surface area contributed by atoms with Crippen molar-refractivity contribution in [3.8, 4) is 0 Å². The minimum Gasteiger partial charge on any atom is -0.472 e. The second kappa shape index (κ2) is 5.78. The van der Waals surface area contributed by atoms with E-state index in [0.29, 0.717) is 0 Å². The van der Waals surface area contributed by atoms with Gasteiger partial charge in [0.25, 0.3) is 0 Å². The predicted octanol–water partition coefficient (Wildman–Crippen LogP) is 2.36. The first kappa shape index (κ1) is 10.3. The van der Waals surface area contributed by atoms with E-state index in [2.05, 4.69) is 12.3 Å². The molecule has 0 fully saturated rings. The Morgan fingerprint density at radius 3 is 2.92 bits per heavy atom. The summed E-state index contributed by atoms with van der Waals surface area (Å²) in [5, 5.41) is 0. The van der Waals surface area contributed by atoms with Gasteiger partial charge in [-0.05, 0) is 12.5 Å². The highest BCUT2D eigenvalue weighted by Gasteiger charge is 2.09. The zero-order chi connectivity index (χ0) is 9.52. The smallest absolute Gasteiger partial charge is 0.0950 e. The van der Waals surface area contributed by atoms with E-state index in [-0.39, 0.29) is 6.04 Å². The Kier molecular flexibility index (Phi) is 4.57. The number of furan rings is 1. The van der Waals surface area contributed by atoms with Crippen LogP contribution in [0.3, 0.4) is 0 Å². The lowest BCUT2D eigenvalue weighted by atomic mass is 10.0. The van der Waals surface area contributed by atoms with Gasteiger partial charge in [0.2, 0.25) is 0 Å². The molecule has 1 atom stereocenters. The van der Waals surface area contributed by atoms with Crippen molar-refractivity contribution in [2.75, 3.05) is 0 Å². The van der Waals surface area contributed by atoms with E-state index in [1.165, 1.54) is 19.3 Å². The second-order valence-electron chi connectivity index (χ2n) is 3.27. The average Bonchev–Trinajstić information content (AvgIpc) is 2.65. The number of unbranched alkanes of at least 4 members (excludes halogenated alkanes) is 2. The highest BCUT2D eigenvalue weighted by Crippen LogP contribution is 2.18. The van der Waals surface area contributed by atoms with Gasteiger partial charge < -0.3 is 4.42 Å². The molecular weight excluding hydrogens is 164 g/mol. The molecular formula is C10H18N2O. The number of nitrogens with one attached hydrogen (secondary N) is 1. The molecule has 0 spiro atoms. The minimum absolute atomic E-state index is 0.241. The molecule has 1 unspecified atom stereocenters. The fraction of sp³-hybridized carbons (Fsp3) is 0.600. The normalized spacial score (nSPS) is 13.1. The number of hydrogen-bond donors (Lipinski definition) is 2. The van der Waals surface area contributed by atoms with E-state index in [9.17, 15) is 0 Å². The Labute approximate surface area is 79.3 Å². The van der Waals surface area contributed by atoms with Crippen LogP contribution in [0.1, 0.15) is 44.2 Å². The van der Waals surface area contributed by atoms with Crippen LogP contribution in [0.25, 0.3) is 0 Å². The molecule has 0 aliphatic carbocycles. The Morgan fingerprint density at radius 2 is 2.38 bits per heavy atom. The number of hydrogen-bond acceptors (Lipinski definition) is 3. The van der Waals surface area contributed by atoms with Crippen LogP contribution in [0, 0.1) is 0 Å². The molecule has 1 aromatic rings. The minimum atomic E-state index is 0.241. The second-order valence-corrected chi connectivity index (χ2v) is 3.27. The fourth-order valence-electron chi connectivity index (χ4n) is 1.42. The third-order valence-electron chi connectivity index (χ3n) is 2.24. The van der Waals surface area contributed by atoms with Crippen LogP contribution in [0.15, 0.2) is 23.0 Å². The molecule has 1 heterocycles. The standard InChI is InChI=1S/C10H18N2O/c1-2-3-4-5-10(12-11)9-6-7-13-8-9/h6-8,10,12H,2-5,11H2,1H3. The lowest BCUT2D eigenvalue weighted by molar-refractivity contribution is 0.478. The first-order valence-corrected chi connectivity index (χ1v) is 4.86. The molecule has 1 aromatic heterocycles. The average molecular weight is 182 g/mol. The maximum absolute atomic E-state index is 5.45. The Hall–Kier alpha value is -0.800. The first-order valence-electron chi connectivity index (χ1n) is 4.86. The van der Waals surface area contributed by atoms with Gasteiger partial charge >= 0.3 is 0 Å². The molecule has 74 valence electrons. The summed E-state index contributed by atoms with van der Waals surface area (Å²) in [4.78, 5) is 0. The summed E-state index contributed by atoms with van der Waals surface area (Å²) in [6.45, 7) is 2.20. The summed E-state index contributed by atoms with van der Waals surface area (Å²) in [5.74, 6) is 5.45. The first-order chi connectivity index (χ1) is 6.38. The van der Waals surface area contributed by atoms with Gasteiger partial charge in [-0.15, -0.1) is 0 Å². The van der Waals surface area contributed by atoms with E-state index < -0.39 is 0 Å². The number of rotatable bonds is 6. The highest BCUT2D eigenvalue weighted by molar-refractivity contribution is 5.10. The Balaban J connectivity index is 2.35. The lowest BCUT2D eigenvalue weighted by Crippen LogP contribution is -2.27. The highest BCUT2D eigenvalue weighted by atomic mass is 16.3. The largest absolute Gasteiger partial charge is 0.472 e. The van der Waals surface area contributed by atoms with E-state index in [1.54, 1.807) is 12.5 Å². The van der Waals surface area contributed by atoms with Gasteiger partial charge in [0.1, 0.15) is 0 Å². The third kappa shape index (κ3) is 3.20. The van der Waals surface area contributed by atoms with E-state index >= 15 is 0 Å². The zero-order valence-corrected chi connectivity index (χ0v) is 8.12. The molecule has 3 nitrogen and oxygen atoms in total. The summed E-state index contributed by atoms with van der Waals surface area (Å²) in [6, 6.07) is 2.20. The summed E-state index contributed by atoms with van der Waals surface area (Å²) >= 11 is 0. The van der Waals surface area contributed by atoms with Gasteiger partial charge in [0, 0.05) is 11.6 Å². The summed E-state index contributed by atoms with van der Waals surface area (Å²) < 4.78 is 5.01. The fourth-order valence-corrected chi connectivity index (χ4v) is 1.42. The topological polar surface area (TPSA) is 51.2 Å². The molecule has 0 aromatic carbocycles. The molecule has 0 bridgehead atoms. The van der Waals surface area contributed by atoms with Crippen LogP contribution in [-0.2, 0) is 0 Å². The van der Waals surface area contributed by atoms with Crippen LogP contribution in [0.5, 0.6) is 0 Å². The predicted molar refractivity (Wildman–Crippen MR) is 52.9 cm³/mol. The van der Waals surface area contributed by atoms with Crippen molar-refractivity contribution in [2.24, 2.45) is 5.84 Å². The molecule has 13 heavy (non-hydrogen) atoms. The van der Waals surface area contributed by atoms with Gasteiger partial charge in [-0.3, -0.25) is 11.3 Å². The van der Waals surface area contributed by atoms with Gasteiger partial charge in [0.15, 0.2) is 0 Å². The number of hydrazine groups is 1. The van der Waals surface area contributed by atoms with Crippen molar-refractivity contribution >= 4 is 0 Å². The van der Waals surface area contributed by atoms with E-state index in [1.807, 2.05) is 6.07 Å². The molecule has 0 aliphatic rings. The van der Waals surface area contributed by atoms with Crippen molar-refractivity contribution in [3.05, 3.63) is 24.2 Å². The van der Waals surface area contributed by atoms with Gasteiger partial charge in [-0.1, -0.05) is 26.2 Å². The maximum Gasteiger partial charge on any atom is 0.0950 e. The maximum atomic E-state index is 5.45.